The van der Waals surface area contributed by atoms with E-state index < -0.39 is 29.9 Å². The van der Waals surface area contributed by atoms with Crippen LogP contribution >= 0.6 is 0 Å². The van der Waals surface area contributed by atoms with Crippen LogP contribution in [0.2, 0.25) is 0 Å². The lowest BCUT2D eigenvalue weighted by Gasteiger charge is -2.33. The summed E-state index contributed by atoms with van der Waals surface area (Å²) in [7, 11) is 0. The molecule has 13 nitrogen and oxygen atoms in total. The maximum Gasteiger partial charge on any atom is 0.320 e. The minimum atomic E-state index is -1.10. The third-order valence-corrected chi connectivity index (χ3v) is 5.08. The molecule has 0 aromatic carbocycles. The minimum absolute atomic E-state index is 0.200. The second-order valence-corrected chi connectivity index (χ2v) is 7.58. The van der Waals surface area contributed by atoms with Crippen LogP contribution in [0.1, 0.15) is 6.42 Å². The molecule has 0 saturated carbocycles. The first-order chi connectivity index (χ1) is 14.6. The Morgan fingerprint density at radius 3 is 1.16 bits per heavy atom. The minimum Gasteiger partial charge on any atom is -0.480 e. The molecule has 0 aromatic rings. The molecule has 31 heavy (non-hydrogen) atoms. The molecule has 0 aliphatic carbocycles. The van der Waals surface area contributed by atoms with Gasteiger partial charge in [0, 0.05) is 58.9 Å². The highest BCUT2D eigenvalue weighted by Gasteiger charge is 2.21. The smallest absolute Gasteiger partial charge is 0.320 e. The van der Waals surface area contributed by atoms with Crippen molar-refractivity contribution < 1.29 is 39.6 Å². The van der Waals surface area contributed by atoms with E-state index in [9.17, 15) is 29.4 Å². The highest BCUT2D eigenvalue weighted by Crippen LogP contribution is 2.03. The highest BCUT2D eigenvalue weighted by atomic mass is 16.4. The van der Waals surface area contributed by atoms with E-state index in [-0.39, 0.29) is 26.1 Å². The Kier molecular flexibility index (Phi) is 12.0. The molecule has 1 saturated heterocycles. The van der Waals surface area contributed by atoms with Crippen molar-refractivity contribution in [3.63, 3.8) is 0 Å². The van der Waals surface area contributed by atoms with E-state index in [1.807, 2.05) is 4.90 Å². The first-order valence-electron chi connectivity index (χ1n) is 10.1. The van der Waals surface area contributed by atoms with Gasteiger partial charge in [-0.3, -0.25) is 33.9 Å². The summed E-state index contributed by atoms with van der Waals surface area (Å²) < 4.78 is 0. The molecule has 178 valence electrons. The molecule has 0 radical (unpaired) electrons. The Labute approximate surface area is 180 Å². The van der Waals surface area contributed by atoms with Crippen LogP contribution in [0.3, 0.4) is 0 Å². The number of hydrogen-bond donors (Lipinski definition) is 5. The summed E-state index contributed by atoms with van der Waals surface area (Å²) in [5, 5.41) is 36.5. The van der Waals surface area contributed by atoms with Crippen molar-refractivity contribution in [3.05, 3.63) is 0 Å². The molecule has 1 heterocycles. The van der Waals surface area contributed by atoms with Gasteiger partial charge in [-0.1, -0.05) is 0 Å². The summed E-state index contributed by atoms with van der Waals surface area (Å²) >= 11 is 0. The van der Waals surface area contributed by atoms with Gasteiger partial charge in [0.05, 0.1) is 19.6 Å². The van der Waals surface area contributed by atoms with Crippen molar-refractivity contribution in [1.29, 1.82) is 0 Å². The summed E-state index contributed by atoms with van der Waals surface area (Å²) in [4.78, 5) is 51.6. The van der Waals surface area contributed by atoms with Gasteiger partial charge < -0.3 is 31.1 Å². The number of nitrogens with two attached hydrogens (primary N) is 1. The lowest BCUT2D eigenvalue weighted by Crippen LogP contribution is -2.49. The monoisotopic (exact) mass is 447 g/mol. The first-order valence-corrected chi connectivity index (χ1v) is 10.1. The second kappa shape index (κ2) is 13.9. The molecular weight excluding hydrogens is 414 g/mol. The zero-order valence-corrected chi connectivity index (χ0v) is 17.6. The Morgan fingerprint density at radius 1 is 0.613 bits per heavy atom. The largest absolute Gasteiger partial charge is 0.480 e. The van der Waals surface area contributed by atoms with Crippen molar-refractivity contribution in [2.75, 3.05) is 78.5 Å². The van der Waals surface area contributed by atoms with E-state index in [2.05, 4.69) is 0 Å². The number of nitrogens with zero attached hydrogens (tertiary/aromatic N) is 4. The summed E-state index contributed by atoms with van der Waals surface area (Å²) in [5.74, 6) is -4.11. The maximum atomic E-state index is 11.2. The van der Waals surface area contributed by atoms with Gasteiger partial charge in [-0.2, -0.15) is 0 Å². The molecule has 1 aliphatic rings. The molecule has 0 aromatic heterocycles. The molecule has 1 fully saturated rings. The summed E-state index contributed by atoms with van der Waals surface area (Å²) in [6, 6.07) is -1.02. The van der Waals surface area contributed by atoms with Crippen LogP contribution in [0.25, 0.3) is 0 Å². The third kappa shape index (κ3) is 12.2. The molecule has 0 bridgehead atoms. The second-order valence-electron chi connectivity index (χ2n) is 7.58. The van der Waals surface area contributed by atoms with Crippen molar-refractivity contribution in [2.24, 2.45) is 5.73 Å². The van der Waals surface area contributed by atoms with Gasteiger partial charge in [0.25, 0.3) is 0 Å². The topological polar surface area (TPSA) is 188 Å². The van der Waals surface area contributed by atoms with E-state index >= 15 is 0 Å². The van der Waals surface area contributed by atoms with Gasteiger partial charge in [0.2, 0.25) is 0 Å². The van der Waals surface area contributed by atoms with Crippen LogP contribution in [-0.2, 0) is 19.2 Å². The van der Waals surface area contributed by atoms with E-state index in [4.69, 9.17) is 15.9 Å². The Balaban J connectivity index is 2.91. The van der Waals surface area contributed by atoms with Crippen molar-refractivity contribution in [2.45, 2.75) is 12.5 Å². The fourth-order valence-electron chi connectivity index (χ4n) is 3.30. The fourth-order valence-corrected chi connectivity index (χ4v) is 3.30. The standard InChI is InChI=1S/C18H33N5O8/c19-14(18(30)31)1-2-20-3-5-21(11-15(24)25)7-9-23(13-17(28)29)10-8-22(6-4-20)12-16(26)27/h14H,1-13,19H2,(H,24,25)(H,26,27)(H,28,29)(H,30,31)/t14-/m0/s1. The summed E-state index contributed by atoms with van der Waals surface area (Å²) in [5.41, 5.74) is 5.59. The summed E-state index contributed by atoms with van der Waals surface area (Å²) in [6.07, 6.45) is 0.208. The quantitative estimate of drug-likeness (QED) is 0.232. The van der Waals surface area contributed by atoms with Crippen molar-refractivity contribution in [1.82, 2.24) is 19.6 Å². The zero-order chi connectivity index (χ0) is 23.4. The van der Waals surface area contributed by atoms with Crippen molar-refractivity contribution >= 4 is 23.9 Å². The highest BCUT2D eigenvalue weighted by molar-refractivity contribution is 5.73. The SMILES string of the molecule is N[C@@H](CCN1CCN(CC(=O)O)CCN(CC(=O)O)CCN(CC(=O)O)CC1)C(=O)O. The van der Waals surface area contributed by atoms with Gasteiger partial charge in [-0.15, -0.1) is 0 Å². The lowest BCUT2D eigenvalue weighted by molar-refractivity contribution is -0.140. The van der Waals surface area contributed by atoms with Crippen LogP contribution in [0, 0.1) is 0 Å². The number of hydrogen-bond acceptors (Lipinski definition) is 9. The van der Waals surface area contributed by atoms with Gasteiger partial charge in [0.15, 0.2) is 0 Å². The van der Waals surface area contributed by atoms with Gasteiger partial charge in [-0.25, -0.2) is 0 Å². The molecule has 1 aliphatic heterocycles. The van der Waals surface area contributed by atoms with Gasteiger partial charge >= 0.3 is 23.9 Å². The van der Waals surface area contributed by atoms with Crippen LogP contribution in [-0.4, -0.2) is 148 Å². The number of carboxylic acid groups (broad SMARTS) is 4. The van der Waals surface area contributed by atoms with E-state index in [0.717, 1.165) is 0 Å². The zero-order valence-electron chi connectivity index (χ0n) is 17.6. The number of carbonyl (C=O) groups is 4. The molecule has 0 amide bonds. The van der Waals surface area contributed by atoms with E-state index in [1.54, 1.807) is 14.7 Å². The number of aliphatic carboxylic acids is 4. The van der Waals surface area contributed by atoms with Crippen LogP contribution in [0.15, 0.2) is 0 Å². The predicted octanol–water partition coefficient (Wildman–Crippen LogP) is -2.74. The average Bonchev–Trinajstić information content (AvgIpc) is 2.65. The maximum absolute atomic E-state index is 11.2. The molecule has 1 rings (SSSR count). The van der Waals surface area contributed by atoms with Crippen LogP contribution < -0.4 is 5.73 Å². The average molecular weight is 447 g/mol. The molecular formula is C18H33N5O8. The summed E-state index contributed by atoms with van der Waals surface area (Å²) in [6.45, 7) is 2.73. The normalized spacial score (nSPS) is 19.8. The molecule has 0 spiro atoms. The van der Waals surface area contributed by atoms with E-state index in [1.165, 1.54) is 0 Å². The lowest BCUT2D eigenvalue weighted by atomic mass is 10.2. The van der Waals surface area contributed by atoms with Crippen LogP contribution in [0.4, 0.5) is 0 Å². The molecule has 1 atom stereocenters. The predicted molar refractivity (Wildman–Crippen MR) is 109 cm³/mol. The molecule has 6 N–H and O–H groups in total. The Hall–Kier alpha value is -2.32. The van der Waals surface area contributed by atoms with Crippen molar-refractivity contribution in [3.8, 4) is 0 Å². The first kappa shape index (κ1) is 26.7. The van der Waals surface area contributed by atoms with Gasteiger partial charge in [0.1, 0.15) is 6.04 Å². The Morgan fingerprint density at radius 2 is 0.903 bits per heavy atom. The third-order valence-electron chi connectivity index (χ3n) is 5.08. The Bertz CT molecular complexity index is 588. The fraction of sp³-hybridized carbons (Fsp3) is 0.778. The number of carboxylic acids is 4. The molecule has 0 unspecified atom stereocenters. The van der Waals surface area contributed by atoms with E-state index in [0.29, 0.717) is 58.9 Å². The number of rotatable bonds is 10. The molecule has 13 heteroatoms. The van der Waals surface area contributed by atoms with Crippen LogP contribution in [0.5, 0.6) is 0 Å². The van der Waals surface area contributed by atoms with Gasteiger partial charge in [-0.05, 0) is 6.42 Å².